The van der Waals surface area contributed by atoms with Crippen molar-refractivity contribution in [1.29, 1.82) is 0 Å². The number of rotatable bonds is 10. The second kappa shape index (κ2) is 12.3. The zero-order valence-electron chi connectivity index (χ0n) is 21.3. The fraction of sp³-hybridized carbons (Fsp3) is 0.345. The number of ether oxygens (including phenoxy) is 2. The van der Waals surface area contributed by atoms with Crippen LogP contribution in [0.5, 0.6) is 11.5 Å². The number of benzene rings is 3. The Balaban J connectivity index is 1.64. The van der Waals surface area contributed by atoms with Crippen LogP contribution in [0.4, 0.5) is 0 Å². The Bertz CT molecular complexity index is 1240. The maximum Gasteiger partial charge on any atom is 0.243 e. The maximum absolute atomic E-state index is 13.9. The summed E-state index contributed by atoms with van der Waals surface area (Å²) in [6, 6.07) is 23.3. The number of hydrogen-bond donors (Lipinski definition) is 1. The number of nitrogens with one attached hydrogen (secondary N) is 1. The normalized spacial score (nSPS) is 14.5. The van der Waals surface area contributed by atoms with E-state index in [2.05, 4.69) is 5.32 Å². The molecule has 4 rings (SSSR count). The van der Waals surface area contributed by atoms with Gasteiger partial charge in [-0.05, 0) is 36.1 Å². The zero-order chi connectivity index (χ0) is 26.3. The first kappa shape index (κ1) is 26.7. The first-order valence-electron chi connectivity index (χ1n) is 12.6. The average Bonchev–Trinajstić information content (AvgIpc) is 2.95. The van der Waals surface area contributed by atoms with Crippen molar-refractivity contribution < 1.29 is 22.7 Å². The van der Waals surface area contributed by atoms with Crippen LogP contribution >= 0.6 is 0 Å². The SMILES string of the molecule is COc1ccc(S(=O)(=O)N(CC(=O)NC(c2ccccc2)c2ccccc2)C2CCCCC2)cc1OC. The molecule has 1 amide bonds. The molecule has 0 bridgehead atoms. The van der Waals surface area contributed by atoms with Crippen molar-refractivity contribution in [1.82, 2.24) is 9.62 Å². The smallest absolute Gasteiger partial charge is 0.243 e. The van der Waals surface area contributed by atoms with Crippen molar-refractivity contribution >= 4 is 15.9 Å². The molecule has 0 radical (unpaired) electrons. The van der Waals surface area contributed by atoms with Crippen LogP contribution in [0.2, 0.25) is 0 Å². The van der Waals surface area contributed by atoms with Gasteiger partial charge in [0.25, 0.3) is 0 Å². The minimum atomic E-state index is -3.98. The van der Waals surface area contributed by atoms with Crippen molar-refractivity contribution in [3.63, 3.8) is 0 Å². The lowest BCUT2D eigenvalue weighted by molar-refractivity contribution is -0.122. The van der Waals surface area contributed by atoms with Gasteiger partial charge in [0.1, 0.15) is 0 Å². The number of carbonyl (C=O) groups excluding carboxylic acids is 1. The van der Waals surface area contributed by atoms with Gasteiger partial charge in [-0.25, -0.2) is 8.42 Å². The lowest BCUT2D eigenvalue weighted by atomic mass is 9.95. The van der Waals surface area contributed by atoms with Gasteiger partial charge >= 0.3 is 0 Å². The minimum absolute atomic E-state index is 0.0752. The molecule has 0 saturated heterocycles. The monoisotopic (exact) mass is 522 g/mol. The molecule has 196 valence electrons. The van der Waals surface area contributed by atoms with E-state index in [1.807, 2.05) is 60.7 Å². The third kappa shape index (κ3) is 6.32. The van der Waals surface area contributed by atoms with Gasteiger partial charge < -0.3 is 14.8 Å². The van der Waals surface area contributed by atoms with Gasteiger partial charge in [-0.1, -0.05) is 79.9 Å². The Hall–Kier alpha value is -3.36. The first-order valence-corrected chi connectivity index (χ1v) is 14.0. The number of carbonyl (C=O) groups is 1. The fourth-order valence-electron chi connectivity index (χ4n) is 4.89. The Kier molecular flexibility index (Phi) is 8.84. The molecule has 0 atom stereocenters. The van der Waals surface area contributed by atoms with Gasteiger partial charge in [0.05, 0.1) is 31.7 Å². The van der Waals surface area contributed by atoms with Gasteiger partial charge in [0.15, 0.2) is 11.5 Å². The molecule has 1 aliphatic carbocycles. The van der Waals surface area contributed by atoms with Crippen LogP contribution in [0.3, 0.4) is 0 Å². The summed E-state index contributed by atoms with van der Waals surface area (Å²) >= 11 is 0. The van der Waals surface area contributed by atoms with E-state index in [1.54, 1.807) is 6.07 Å². The predicted molar refractivity (Wildman–Crippen MR) is 143 cm³/mol. The Morgan fingerprint density at radius 1 is 0.865 bits per heavy atom. The number of nitrogens with zero attached hydrogens (tertiary/aromatic N) is 1. The van der Waals surface area contributed by atoms with Crippen molar-refractivity contribution in [2.24, 2.45) is 0 Å². The molecule has 1 aliphatic rings. The van der Waals surface area contributed by atoms with Crippen LogP contribution in [-0.2, 0) is 14.8 Å². The second-order valence-electron chi connectivity index (χ2n) is 9.18. The van der Waals surface area contributed by atoms with E-state index in [9.17, 15) is 13.2 Å². The standard InChI is InChI=1S/C29H34N2O5S/c1-35-26-19-18-25(20-27(26)36-2)37(33,34)31(24-16-10-5-11-17-24)21-28(32)30-29(22-12-6-3-7-13-22)23-14-8-4-9-15-23/h3-4,6-9,12-15,18-20,24,29H,5,10-11,16-17,21H2,1-2H3,(H,30,32). The van der Waals surface area contributed by atoms with Crippen LogP contribution in [0.15, 0.2) is 83.8 Å². The molecule has 1 saturated carbocycles. The first-order chi connectivity index (χ1) is 17.9. The quantitative estimate of drug-likeness (QED) is 0.408. The van der Waals surface area contributed by atoms with Crippen LogP contribution in [-0.4, -0.2) is 45.4 Å². The summed E-state index contributed by atoms with van der Waals surface area (Å²) in [5, 5.41) is 3.09. The third-order valence-electron chi connectivity index (χ3n) is 6.81. The van der Waals surface area contributed by atoms with Crippen molar-refractivity contribution in [2.75, 3.05) is 20.8 Å². The van der Waals surface area contributed by atoms with E-state index in [0.717, 1.165) is 43.2 Å². The highest BCUT2D eigenvalue weighted by atomic mass is 32.2. The molecular formula is C29H34N2O5S. The molecule has 0 heterocycles. The highest BCUT2D eigenvalue weighted by molar-refractivity contribution is 7.89. The summed E-state index contributed by atoms with van der Waals surface area (Å²) in [6.07, 6.45) is 4.38. The highest BCUT2D eigenvalue weighted by Gasteiger charge is 2.35. The van der Waals surface area contributed by atoms with Crippen LogP contribution in [0, 0.1) is 0 Å². The zero-order valence-corrected chi connectivity index (χ0v) is 22.1. The van der Waals surface area contributed by atoms with E-state index in [1.165, 1.54) is 30.7 Å². The lowest BCUT2D eigenvalue weighted by Crippen LogP contribution is -2.47. The molecule has 0 aromatic heterocycles. The number of methoxy groups -OCH3 is 2. The molecular weight excluding hydrogens is 488 g/mol. The van der Waals surface area contributed by atoms with Gasteiger partial charge in [0, 0.05) is 12.1 Å². The average molecular weight is 523 g/mol. The summed E-state index contributed by atoms with van der Waals surface area (Å²) < 4.78 is 39.8. The molecule has 0 spiro atoms. The van der Waals surface area contributed by atoms with E-state index in [4.69, 9.17) is 9.47 Å². The van der Waals surface area contributed by atoms with Gasteiger partial charge in [-0.2, -0.15) is 4.31 Å². The Morgan fingerprint density at radius 2 is 1.43 bits per heavy atom. The molecule has 3 aromatic carbocycles. The van der Waals surface area contributed by atoms with Gasteiger partial charge in [-0.3, -0.25) is 4.79 Å². The van der Waals surface area contributed by atoms with Crippen LogP contribution in [0.1, 0.15) is 49.3 Å². The van der Waals surface area contributed by atoms with Crippen molar-refractivity contribution in [3.05, 3.63) is 90.0 Å². The molecule has 0 aliphatic heterocycles. The predicted octanol–water partition coefficient (Wildman–Crippen LogP) is 4.93. The molecule has 1 fully saturated rings. The number of sulfonamides is 1. The summed E-state index contributed by atoms with van der Waals surface area (Å²) in [5.74, 6) is 0.411. The van der Waals surface area contributed by atoms with E-state index < -0.39 is 16.1 Å². The molecule has 7 nitrogen and oxygen atoms in total. The lowest BCUT2D eigenvalue weighted by Gasteiger charge is -2.33. The molecule has 3 aromatic rings. The number of hydrogen-bond acceptors (Lipinski definition) is 5. The highest BCUT2D eigenvalue weighted by Crippen LogP contribution is 2.33. The summed E-state index contributed by atoms with van der Waals surface area (Å²) in [7, 11) is -1.01. The Labute approximate surface area is 219 Å². The molecule has 1 N–H and O–H groups in total. The maximum atomic E-state index is 13.9. The van der Waals surface area contributed by atoms with E-state index in [-0.39, 0.29) is 23.4 Å². The molecule has 0 unspecified atom stereocenters. The van der Waals surface area contributed by atoms with Crippen LogP contribution in [0.25, 0.3) is 0 Å². The van der Waals surface area contributed by atoms with Crippen LogP contribution < -0.4 is 14.8 Å². The van der Waals surface area contributed by atoms with Gasteiger partial charge in [-0.15, -0.1) is 0 Å². The topological polar surface area (TPSA) is 84.9 Å². The van der Waals surface area contributed by atoms with E-state index in [0.29, 0.717) is 11.5 Å². The van der Waals surface area contributed by atoms with Crippen molar-refractivity contribution in [3.8, 4) is 11.5 Å². The molecule has 8 heteroatoms. The molecule has 37 heavy (non-hydrogen) atoms. The Morgan fingerprint density at radius 3 is 1.97 bits per heavy atom. The summed E-state index contributed by atoms with van der Waals surface area (Å²) in [6.45, 7) is -0.266. The fourth-order valence-corrected chi connectivity index (χ4v) is 6.55. The van der Waals surface area contributed by atoms with Crippen molar-refractivity contribution in [2.45, 2.75) is 49.1 Å². The summed E-state index contributed by atoms with van der Waals surface area (Å²) in [5.41, 5.74) is 1.85. The third-order valence-corrected chi connectivity index (χ3v) is 8.71. The number of amides is 1. The summed E-state index contributed by atoms with van der Waals surface area (Å²) in [4.78, 5) is 13.6. The second-order valence-corrected chi connectivity index (χ2v) is 11.1. The van der Waals surface area contributed by atoms with Gasteiger partial charge in [0.2, 0.25) is 15.9 Å². The minimum Gasteiger partial charge on any atom is -0.493 e. The largest absolute Gasteiger partial charge is 0.493 e. The van der Waals surface area contributed by atoms with E-state index >= 15 is 0 Å².